The van der Waals surface area contributed by atoms with Gasteiger partial charge >= 0.3 is 5.69 Å². The summed E-state index contributed by atoms with van der Waals surface area (Å²) < 4.78 is 6.21. The van der Waals surface area contributed by atoms with E-state index in [4.69, 9.17) is 10.5 Å². The number of nitro benzene ring substituents is 1. The van der Waals surface area contributed by atoms with Crippen LogP contribution in [0, 0.1) is 17.0 Å². The van der Waals surface area contributed by atoms with Crippen LogP contribution in [0.5, 0.6) is 11.5 Å². The van der Waals surface area contributed by atoms with Gasteiger partial charge in [0.25, 0.3) is 0 Å². The van der Waals surface area contributed by atoms with E-state index in [1.54, 1.807) is 6.07 Å². The molecule has 0 unspecified atom stereocenters. The lowest BCUT2D eigenvalue weighted by Gasteiger charge is -2.09. The van der Waals surface area contributed by atoms with Crippen molar-refractivity contribution < 1.29 is 14.5 Å². The number of amides is 1. The summed E-state index contributed by atoms with van der Waals surface area (Å²) in [6.45, 7) is 1.91. The van der Waals surface area contributed by atoms with Crippen LogP contribution in [0.25, 0.3) is 0 Å². The third-order valence-corrected chi connectivity index (χ3v) is 3.37. The van der Waals surface area contributed by atoms with Gasteiger partial charge in [0.15, 0.2) is 0 Å². The molecule has 6 nitrogen and oxygen atoms in total. The van der Waals surface area contributed by atoms with Gasteiger partial charge in [-0.05, 0) is 46.6 Å². The highest BCUT2D eigenvalue weighted by atomic mass is 79.9. The lowest BCUT2D eigenvalue weighted by Crippen LogP contribution is -2.11. The van der Waals surface area contributed by atoms with E-state index in [9.17, 15) is 14.9 Å². The highest BCUT2D eigenvalue weighted by molar-refractivity contribution is 9.10. The first-order chi connectivity index (χ1) is 9.88. The van der Waals surface area contributed by atoms with Crippen molar-refractivity contribution in [3.63, 3.8) is 0 Å². The van der Waals surface area contributed by atoms with Gasteiger partial charge < -0.3 is 10.5 Å². The molecule has 2 aromatic carbocycles. The third kappa shape index (κ3) is 3.38. The number of carbonyl (C=O) groups excluding carboxylic acids is 1. The Kier molecular flexibility index (Phi) is 4.23. The summed E-state index contributed by atoms with van der Waals surface area (Å²) in [5.41, 5.74) is 6.08. The van der Waals surface area contributed by atoms with Crippen molar-refractivity contribution in [3.05, 3.63) is 62.1 Å². The standard InChI is InChI=1S/C14H11BrN2O4/c1-8-2-5-12(10(15)6-8)21-13-7-9(14(16)18)3-4-11(13)17(19)20/h2-7H,1H3,(H2,16,18). The number of hydrogen-bond acceptors (Lipinski definition) is 4. The molecule has 0 aliphatic carbocycles. The molecule has 0 aliphatic rings. The van der Waals surface area contributed by atoms with E-state index in [1.807, 2.05) is 19.1 Å². The monoisotopic (exact) mass is 350 g/mol. The number of nitro groups is 1. The zero-order chi connectivity index (χ0) is 15.6. The van der Waals surface area contributed by atoms with Crippen LogP contribution < -0.4 is 10.5 Å². The van der Waals surface area contributed by atoms with Gasteiger partial charge in [0.05, 0.1) is 9.40 Å². The molecule has 2 aromatic rings. The molecular weight excluding hydrogens is 340 g/mol. The maximum atomic E-state index is 11.2. The Morgan fingerprint density at radius 2 is 1.95 bits per heavy atom. The van der Waals surface area contributed by atoms with Crippen molar-refractivity contribution in [2.24, 2.45) is 5.73 Å². The second kappa shape index (κ2) is 5.92. The zero-order valence-electron chi connectivity index (χ0n) is 11.0. The van der Waals surface area contributed by atoms with Crippen molar-refractivity contribution in [2.75, 3.05) is 0 Å². The van der Waals surface area contributed by atoms with Gasteiger partial charge in [0, 0.05) is 17.7 Å². The smallest absolute Gasteiger partial charge is 0.311 e. The van der Waals surface area contributed by atoms with Gasteiger partial charge in [-0.1, -0.05) is 6.07 Å². The van der Waals surface area contributed by atoms with Gasteiger partial charge in [0.2, 0.25) is 11.7 Å². The van der Waals surface area contributed by atoms with Gasteiger partial charge in [-0.3, -0.25) is 14.9 Å². The number of benzene rings is 2. The number of carbonyl (C=O) groups is 1. The average molecular weight is 351 g/mol. The van der Waals surface area contributed by atoms with Gasteiger partial charge in [-0.15, -0.1) is 0 Å². The molecule has 2 rings (SSSR count). The first kappa shape index (κ1) is 15.0. The summed E-state index contributed by atoms with van der Waals surface area (Å²) in [6.07, 6.45) is 0. The second-order valence-corrected chi connectivity index (χ2v) is 5.19. The zero-order valence-corrected chi connectivity index (χ0v) is 12.6. The fourth-order valence-corrected chi connectivity index (χ4v) is 2.28. The predicted octanol–water partition coefficient (Wildman–Crippen LogP) is 3.56. The Labute approximate surface area is 128 Å². The van der Waals surface area contributed by atoms with Crippen LogP contribution in [0.1, 0.15) is 15.9 Å². The molecule has 1 amide bonds. The second-order valence-electron chi connectivity index (χ2n) is 4.34. The molecule has 108 valence electrons. The van der Waals surface area contributed by atoms with Crippen LogP contribution in [0.15, 0.2) is 40.9 Å². The number of halogens is 1. The van der Waals surface area contributed by atoms with Crippen LogP contribution in [0.4, 0.5) is 5.69 Å². The normalized spacial score (nSPS) is 10.2. The average Bonchev–Trinajstić information content (AvgIpc) is 2.41. The highest BCUT2D eigenvalue weighted by Gasteiger charge is 2.18. The molecule has 0 aromatic heterocycles. The molecule has 0 spiro atoms. The number of nitrogens with two attached hydrogens (primary N) is 1. The van der Waals surface area contributed by atoms with Crippen molar-refractivity contribution in [2.45, 2.75) is 6.92 Å². The summed E-state index contributed by atoms with van der Waals surface area (Å²) in [4.78, 5) is 21.6. The lowest BCUT2D eigenvalue weighted by molar-refractivity contribution is -0.385. The largest absolute Gasteiger partial charge is 0.449 e. The number of nitrogens with zero attached hydrogens (tertiary/aromatic N) is 1. The first-order valence-electron chi connectivity index (χ1n) is 5.90. The minimum atomic E-state index is -0.683. The summed E-state index contributed by atoms with van der Waals surface area (Å²) in [5.74, 6) is -0.316. The number of aryl methyl sites for hydroxylation is 1. The van der Waals surface area contributed by atoms with E-state index in [1.165, 1.54) is 18.2 Å². The number of ether oxygens (including phenoxy) is 1. The van der Waals surface area contributed by atoms with E-state index in [0.717, 1.165) is 5.56 Å². The molecular formula is C14H11BrN2O4. The Balaban J connectivity index is 2.48. The van der Waals surface area contributed by atoms with Gasteiger partial charge in [-0.25, -0.2) is 0 Å². The minimum Gasteiger partial charge on any atom is -0.449 e. The van der Waals surface area contributed by atoms with Crippen LogP contribution in [0.2, 0.25) is 0 Å². The molecule has 7 heteroatoms. The van der Waals surface area contributed by atoms with Crippen LogP contribution in [-0.4, -0.2) is 10.8 Å². The number of hydrogen-bond donors (Lipinski definition) is 1. The van der Waals surface area contributed by atoms with Crippen molar-refractivity contribution in [3.8, 4) is 11.5 Å². The van der Waals surface area contributed by atoms with E-state index in [0.29, 0.717) is 10.2 Å². The molecule has 2 N–H and O–H groups in total. The Hall–Kier alpha value is -2.41. The van der Waals surface area contributed by atoms with Crippen molar-refractivity contribution >= 4 is 27.5 Å². The Bertz CT molecular complexity index is 731. The maximum Gasteiger partial charge on any atom is 0.311 e. The number of primary amides is 1. The SMILES string of the molecule is Cc1ccc(Oc2cc(C(N)=O)ccc2[N+](=O)[O-])c(Br)c1. The summed E-state index contributed by atoms with van der Waals surface area (Å²) in [6, 6.07) is 9.05. The molecule has 0 saturated carbocycles. The summed E-state index contributed by atoms with van der Waals surface area (Å²) >= 11 is 3.33. The fourth-order valence-electron chi connectivity index (χ4n) is 1.71. The Morgan fingerprint density at radius 1 is 1.24 bits per heavy atom. The van der Waals surface area contributed by atoms with Gasteiger partial charge in [-0.2, -0.15) is 0 Å². The lowest BCUT2D eigenvalue weighted by atomic mass is 10.2. The van der Waals surface area contributed by atoms with Crippen LogP contribution >= 0.6 is 15.9 Å². The van der Waals surface area contributed by atoms with Crippen LogP contribution in [0.3, 0.4) is 0 Å². The molecule has 0 bridgehead atoms. The van der Waals surface area contributed by atoms with E-state index in [-0.39, 0.29) is 17.0 Å². The summed E-state index contributed by atoms with van der Waals surface area (Å²) in [5, 5.41) is 11.0. The Morgan fingerprint density at radius 3 is 2.52 bits per heavy atom. The van der Waals surface area contributed by atoms with Crippen molar-refractivity contribution in [1.29, 1.82) is 0 Å². The summed E-state index contributed by atoms with van der Waals surface area (Å²) in [7, 11) is 0. The maximum absolute atomic E-state index is 11.2. The molecule has 0 heterocycles. The third-order valence-electron chi connectivity index (χ3n) is 2.75. The molecule has 21 heavy (non-hydrogen) atoms. The van der Waals surface area contributed by atoms with E-state index >= 15 is 0 Å². The molecule has 0 aliphatic heterocycles. The highest BCUT2D eigenvalue weighted by Crippen LogP contribution is 2.35. The van der Waals surface area contributed by atoms with E-state index < -0.39 is 10.8 Å². The van der Waals surface area contributed by atoms with Gasteiger partial charge in [0.1, 0.15) is 5.75 Å². The predicted molar refractivity (Wildman–Crippen MR) is 80.6 cm³/mol. The topological polar surface area (TPSA) is 95.5 Å². The fraction of sp³-hybridized carbons (Fsp3) is 0.0714. The first-order valence-corrected chi connectivity index (χ1v) is 6.70. The molecule has 0 saturated heterocycles. The molecule has 0 atom stereocenters. The number of rotatable bonds is 4. The molecule has 0 fully saturated rings. The minimum absolute atomic E-state index is 0.0409. The van der Waals surface area contributed by atoms with Crippen molar-refractivity contribution in [1.82, 2.24) is 0 Å². The van der Waals surface area contributed by atoms with Crippen LogP contribution in [-0.2, 0) is 0 Å². The van der Waals surface area contributed by atoms with E-state index in [2.05, 4.69) is 15.9 Å². The quantitative estimate of drug-likeness (QED) is 0.673. The molecule has 0 radical (unpaired) electrons.